The Morgan fingerprint density at radius 3 is 2.30 bits per heavy atom. The average molecular weight is 483 g/mol. The summed E-state index contributed by atoms with van der Waals surface area (Å²) in [7, 11) is 1.52. The molecule has 1 aliphatic heterocycles. The number of ketones is 2. The number of Topliss-reactive ketones (excluding diaryl/α,β-unsaturated/α-hetero) is 2. The van der Waals surface area contributed by atoms with E-state index in [-0.39, 0.29) is 22.2 Å². The van der Waals surface area contributed by atoms with Gasteiger partial charge in [-0.2, -0.15) is 0 Å². The van der Waals surface area contributed by atoms with Crippen LogP contribution in [0.5, 0.6) is 5.75 Å². The molecule has 0 bridgehead atoms. The zero-order valence-electron chi connectivity index (χ0n) is 18.0. The van der Waals surface area contributed by atoms with E-state index < -0.39 is 17.7 Å². The van der Waals surface area contributed by atoms with Gasteiger partial charge in [-0.3, -0.25) is 19.3 Å². The molecule has 1 aromatic heterocycles. The zero-order valence-corrected chi connectivity index (χ0v) is 19.5. The van der Waals surface area contributed by atoms with Crippen molar-refractivity contribution in [1.29, 1.82) is 0 Å². The Balaban J connectivity index is 1.92. The molecule has 1 atom stereocenters. The lowest BCUT2D eigenvalue weighted by Gasteiger charge is -2.23. The summed E-state index contributed by atoms with van der Waals surface area (Å²) in [5.41, 5.74) is 1.30. The number of hydrogen-bond acceptors (Lipinski definition) is 7. The van der Waals surface area contributed by atoms with Crippen LogP contribution < -0.4 is 9.64 Å². The third kappa shape index (κ3) is 4.03. The Hall–Kier alpha value is -3.49. The van der Waals surface area contributed by atoms with Crippen LogP contribution in [0.3, 0.4) is 0 Å². The SMILES string of the molecule is COc1ccc(C(O)=C2C(=O)C(=O)N(c3nc(C)c(C(C)=O)s3)C2c2ccc(Cl)cc2)cc1. The van der Waals surface area contributed by atoms with Gasteiger partial charge >= 0.3 is 5.91 Å². The van der Waals surface area contributed by atoms with Gasteiger partial charge in [0.25, 0.3) is 5.78 Å². The molecule has 2 aromatic carbocycles. The number of thiazole rings is 1. The highest BCUT2D eigenvalue weighted by Crippen LogP contribution is 2.44. The van der Waals surface area contributed by atoms with E-state index in [0.29, 0.717) is 32.5 Å². The predicted molar refractivity (Wildman–Crippen MR) is 126 cm³/mol. The predicted octanol–water partition coefficient (Wildman–Crippen LogP) is 4.94. The highest BCUT2D eigenvalue weighted by molar-refractivity contribution is 7.18. The Bertz CT molecular complexity index is 1300. The van der Waals surface area contributed by atoms with Gasteiger partial charge in [0, 0.05) is 17.5 Å². The van der Waals surface area contributed by atoms with E-state index in [2.05, 4.69) is 4.98 Å². The van der Waals surface area contributed by atoms with Crippen LogP contribution in [0.25, 0.3) is 5.76 Å². The lowest BCUT2D eigenvalue weighted by Crippen LogP contribution is -2.29. The molecule has 3 aromatic rings. The summed E-state index contributed by atoms with van der Waals surface area (Å²) < 4.78 is 5.15. The number of ether oxygens (including phenoxy) is 1. The number of aryl methyl sites for hydroxylation is 1. The van der Waals surface area contributed by atoms with Crippen LogP contribution in [-0.2, 0) is 9.59 Å². The Morgan fingerprint density at radius 2 is 1.76 bits per heavy atom. The summed E-state index contributed by atoms with van der Waals surface area (Å²) in [5.74, 6) is -1.61. The smallest absolute Gasteiger partial charge is 0.301 e. The van der Waals surface area contributed by atoms with Crippen LogP contribution in [-0.4, -0.2) is 34.7 Å². The fourth-order valence-corrected chi connectivity index (χ4v) is 4.82. The van der Waals surface area contributed by atoms with Gasteiger partial charge in [-0.05, 0) is 48.9 Å². The number of methoxy groups -OCH3 is 1. The average Bonchev–Trinajstić information content (AvgIpc) is 3.31. The zero-order chi connectivity index (χ0) is 23.9. The van der Waals surface area contributed by atoms with E-state index in [1.165, 1.54) is 18.9 Å². The van der Waals surface area contributed by atoms with Crippen molar-refractivity contribution in [1.82, 2.24) is 4.98 Å². The van der Waals surface area contributed by atoms with Crippen LogP contribution in [0.4, 0.5) is 5.13 Å². The molecule has 9 heteroatoms. The van der Waals surface area contributed by atoms with E-state index in [9.17, 15) is 19.5 Å². The summed E-state index contributed by atoms with van der Waals surface area (Å²) >= 11 is 7.08. The first-order valence-corrected chi connectivity index (χ1v) is 11.1. The number of anilines is 1. The summed E-state index contributed by atoms with van der Waals surface area (Å²) in [6.07, 6.45) is 0. The summed E-state index contributed by atoms with van der Waals surface area (Å²) in [4.78, 5) is 44.3. The molecular weight excluding hydrogens is 464 g/mol. The lowest BCUT2D eigenvalue weighted by atomic mass is 9.95. The Morgan fingerprint density at radius 1 is 1.12 bits per heavy atom. The quantitative estimate of drug-likeness (QED) is 0.239. The highest BCUT2D eigenvalue weighted by atomic mass is 35.5. The molecule has 7 nitrogen and oxygen atoms in total. The molecule has 1 amide bonds. The number of aliphatic hydroxyl groups excluding tert-OH is 1. The van der Waals surface area contributed by atoms with Crippen LogP contribution in [0.1, 0.15) is 39.5 Å². The third-order valence-electron chi connectivity index (χ3n) is 5.30. The molecule has 0 spiro atoms. The van der Waals surface area contributed by atoms with Gasteiger partial charge in [0.15, 0.2) is 10.9 Å². The molecule has 1 saturated heterocycles. The second kappa shape index (κ2) is 8.80. The normalized spacial score (nSPS) is 17.5. The fraction of sp³-hybridized carbons (Fsp3) is 0.167. The van der Waals surface area contributed by atoms with Crippen molar-refractivity contribution in [3.63, 3.8) is 0 Å². The van der Waals surface area contributed by atoms with Crippen LogP contribution in [0.2, 0.25) is 5.02 Å². The first kappa shape index (κ1) is 22.7. The van der Waals surface area contributed by atoms with E-state index in [1.54, 1.807) is 55.5 Å². The molecule has 2 heterocycles. The standard InChI is InChI=1S/C24H19ClN2O5S/c1-12-22(13(2)28)33-24(26-12)27-19(14-4-8-16(25)9-5-14)18(21(30)23(27)31)20(29)15-6-10-17(32-3)11-7-15/h4-11,19,29H,1-3H3. The lowest BCUT2D eigenvalue weighted by molar-refractivity contribution is -0.132. The van der Waals surface area contributed by atoms with Gasteiger partial charge in [-0.15, -0.1) is 0 Å². The summed E-state index contributed by atoms with van der Waals surface area (Å²) in [5, 5.41) is 11.8. The van der Waals surface area contributed by atoms with Gasteiger partial charge in [0.1, 0.15) is 11.5 Å². The number of nitrogens with zero attached hydrogens (tertiary/aromatic N) is 2. The van der Waals surface area contributed by atoms with Crippen molar-refractivity contribution in [3.8, 4) is 5.75 Å². The maximum absolute atomic E-state index is 13.2. The minimum atomic E-state index is -0.949. The number of hydrogen-bond donors (Lipinski definition) is 1. The van der Waals surface area contributed by atoms with E-state index in [0.717, 1.165) is 11.3 Å². The van der Waals surface area contributed by atoms with Crippen molar-refractivity contribution >= 4 is 51.3 Å². The monoisotopic (exact) mass is 482 g/mol. The van der Waals surface area contributed by atoms with Crippen LogP contribution >= 0.6 is 22.9 Å². The minimum absolute atomic E-state index is 0.0790. The molecule has 0 aliphatic carbocycles. The molecular formula is C24H19ClN2O5S. The molecule has 1 unspecified atom stereocenters. The number of benzene rings is 2. The van der Waals surface area contributed by atoms with Crippen molar-refractivity contribution < 1.29 is 24.2 Å². The van der Waals surface area contributed by atoms with Crippen LogP contribution in [0.15, 0.2) is 54.1 Å². The largest absolute Gasteiger partial charge is 0.507 e. The molecule has 1 fully saturated rings. The number of aromatic nitrogens is 1. The number of carbonyl (C=O) groups excluding carboxylic acids is 3. The first-order chi connectivity index (χ1) is 15.7. The minimum Gasteiger partial charge on any atom is -0.507 e. The Labute approximate surface area is 198 Å². The topological polar surface area (TPSA) is 96.8 Å². The fourth-order valence-electron chi connectivity index (χ4n) is 3.71. The number of rotatable bonds is 5. The van der Waals surface area contributed by atoms with Crippen molar-refractivity contribution in [2.24, 2.45) is 0 Å². The van der Waals surface area contributed by atoms with Gasteiger partial charge in [0.2, 0.25) is 0 Å². The van der Waals surface area contributed by atoms with E-state index >= 15 is 0 Å². The third-order valence-corrected chi connectivity index (χ3v) is 6.81. The molecule has 33 heavy (non-hydrogen) atoms. The number of halogens is 1. The number of amides is 1. The molecule has 1 aliphatic rings. The van der Waals surface area contributed by atoms with Crippen molar-refractivity contribution in [2.75, 3.05) is 12.0 Å². The maximum atomic E-state index is 13.2. The maximum Gasteiger partial charge on any atom is 0.301 e. The number of aliphatic hydroxyl groups is 1. The molecule has 168 valence electrons. The van der Waals surface area contributed by atoms with Crippen molar-refractivity contribution in [2.45, 2.75) is 19.9 Å². The highest BCUT2D eigenvalue weighted by Gasteiger charge is 2.48. The molecule has 0 saturated carbocycles. The second-order valence-electron chi connectivity index (χ2n) is 7.42. The molecule has 1 N–H and O–H groups in total. The summed E-state index contributed by atoms with van der Waals surface area (Å²) in [6, 6.07) is 12.2. The van der Waals surface area contributed by atoms with Gasteiger partial charge < -0.3 is 9.84 Å². The number of carbonyl (C=O) groups is 3. The molecule has 0 radical (unpaired) electrons. The van der Waals surface area contributed by atoms with Crippen LogP contribution in [0, 0.1) is 6.92 Å². The van der Waals surface area contributed by atoms with E-state index in [4.69, 9.17) is 16.3 Å². The van der Waals surface area contributed by atoms with Gasteiger partial charge in [-0.1, -0.05) is 35.1 Å². The molecule has 4 rings (SSSR count). The van der Waals surface area contributed by atoms with E-state index in [1.807, 2.05) is 0 Å². The second-order valence-corrected chi connectivity index (χ2v) is 8.83. The van der Waals surface area contributed by atoms with Gasteiger partial charge in [0.05, 0.1) is 29.3 Å². The first-order valence-electron chi connectivity index (χ1n) is 9.92. The Kier molecular flexibility index (Phi) is 6.05. The van der Waals surface area contributed by atoms with Gasteiger partial charge in [-0.25, -0.2) is 4.98 Å². The van der Waals surface area contributed by atoms with Crippen molar-refractivity contribution in [3.05, 3.63) is 80.8 Å². The summed E-state index contributed by atoms with van der Waals surface area (Å²) in [6.45, 7) is 3.08.